The molecule has 6 heteroatoms. The Kier molecular flexibility index (Phi) is 5.01. The van der Waals surface area contributed by atoms with Crippen molar-refractivity contribution < 1.29 is 19.1 Å². The lowest BCUT2D eigenvalue weighted by atomic mass is 10.1. The summed E-state index contributed by atoms with van der Waals surface area (Å²) in [5.41, 5.74) is 0.409. The van der Waals surface area contributed by atoms with Gasteiger partial charge in [0.25, 0.3) is 5.91 Å². The van der Waals surface area contributed by atoms with E-state index in [1.165, 1.54) is 11.8 Å². The van der Waals surface area contributed by atoms with Crippen molar-refractivity contribution >= 4 is 29.5 Å². The molecular formula is C15H17NO4S. The van der Waals surface area contributed by atoms with Gasteiger partial charge in [0.1, 0.15) is 6.04 Å². The zero-order chi connectivity index (χ0) is 15.4. The minimum absolute atomic E-state index is 0.192. The van der Waals surface area contributed by atoms with Crippen LogP contribution in [0.1, 0.15) is 30.1 Å². The molecule has 1 atom stereocenters. The molecule has 0 radical (unpaired) electrons. The van der Waals surface area contributed by atoms with E-state index in [1.54, 1.807) is 25.1 Å². The fourth-order valence-electron chi connectivity index (χ4n) is 2.30. The lowest BCUT2D eigenvalue weighted by molar-refractivity contribution is -0.149. The molecule has 0 spiro atoms. The number of rotatable bonds is 4. The second-order valence-electron chi connectivity index (χ2n) is 4.61. The minimum atomic E-state index is -0.803. The Balaban J connectivity index is 2.26. The second-order valence-corrected chi connectivity index (χ2v) is 5.49. The van der Waals surface area contributed by atoms with Crippen molar-refractivity contribution in [2.75, 3.05) is 12.9 Å². The number of ether oxygens (including phenoxy) is 1. The number of hydrogen-bond acceptors (Lipinski definition) is 5. The summed E-state index contributed by atoms with van der Waals surface area (Å²) in [6.45, 7) is 1.93. The summed E-state index contributed by atoms with van der Waals surface area (Å²) >= 11 is 1.51. The molecule has 1 aromatic rings. The van der Waals surface area contributed by atoms with Crippen LogP contribution in [0.4, 0.5) is 0 Å². The minimum Gasteiger partial charge on any atom is -0.464 e. The SMILES string of the molecule is CCOC(=O)[C@H]1CCC(=O)N1C(=O)c1cccc(SC)c1. The molecule has 0 aromatic heterocycles. The Labute approximate surface area is 127 Å². The summed E-state index contributed by atoms with van der Waals surface area (Å²) in [6, 6.07) is 6.22. The van der Waals surface area contributed by atoms with Crippen LogP contribution < -0.4 is 0 Å². The number of amides is 2. The smallest absolute Gasteiger partial charge is 0.329 e. The molecule has 0 unspecified atom stereocenters. The first-order valence-electron chi connectivity index (χ1n) is 6.75. The molecule has 0 N–H and O–H groups in total. The van der Waals surface area contributed by atoms with Crippen LogP contribution in [0.2, 0.25) is 0 Å². The van der Waals surface area contributed by atoms with Crippen LogP contribution in [0, 0.1) is 0 Å². The van der Waals surface area contributed by atoms with Gasteiger partial charge in [-0.1, -0.05) is 6.07 Å². The van der Waals surface area contributed by atoms with Crippen molar-refractivity contribution in [3.05, 3.63) is 29.8 Å². The van der Waals surface area contributed by atoms with Gasteiger partial charge in [-0.15, -0.1) is 11.8 Å². The highest BCUT2D eigenvalue weighted by molar-refractivity contribution is 7.98. The third-order valence-electron chi connectivity index (χ3n) is 3.31. The molecule has 5 nitrogen and oxygen atoms in total. The van der Waals surface area contributed by atoms with Gasteiger partial charge < -0.3 is 4.74 Å². The number of hydrogen-bond donors (Lipinski definition) is 0. The van der Waals surface area contributed by atoms with Crippen molar-refractivity contribution in [2.24, 2.45) is 0 Å². The van der Waals surface area contributed by atoms with Crippen molar-refractivity contribution in [3.63, 3.8) is 0 Å². The van der Waals surface area contributed by atoms with E-state index < -0.39 is 17.9 Å². The predicted octanol–water partition coefficient (Wildman–Crippen LogP) is 2.10. The lowest BCUT2D eigenvalue weighted by Gasteiger charge is -2.21. The average Bonchev–Trinajstić information content (AvgIpc) is 2.88. The maximum Gasteiger partial charge on any atom is 0.329 e. The number of imide groups is 1. The maximum absolute atomic E-state index is 12.5. The molecule has 0 aliphatic carbocycles. The molecule has 0 saturated carbocycles. The zero-order valence-electron chi connectivity index (χ0n) is 12.0. The molecule has 0 bridgehead atoms. The third-order valence-corrected chi connectivity index (χ3v) is 4.03. The normalized spacial score (nSPS) is 17.9. The van der Waals surface area contributed by atoms with Crippen molar-refractivity contribution in [2.45, 2.75) is 30.7 Å². The predicted molar refractivity (Wildman–Crippen MR) is 79.1 cm³/mol. The molecule has 1 fully saturated rings. The number of benzene rings is 1. The first kappa shape index (κ1) is 15.6. The number of carbonyl (C=O) groups excluding carboxylic acids is 3. The van der Waals surface area contributed by atoms with Crippen LogP contribution >= 0.6 is 11.8 Å². The van der Waals surface area contributed by atoms with Gasteiger partial charge in [-0.3, -0.25) is 14.5 Å². The summed E-state index contributed by atoms with van der Waals surface area (Å²) < 4.78 is 4.95. The summed E-state index contributed by atoms with van der Waals surface area (Å²) in [7, 11) is 0. The van der Waals surface area contributed by atoms with Crippen LogP contribution in [-0.2, 0) is 14.3 Å². The van der Waals surface area contributed by atoms with Gasteiger partial charge in [0.05, 0.1) is 6.61 Å². The molecule has 2 amide bonds. The van der Waals surface area contributed by atoms with E-state index in [2.05, 4.69) is 0 Å². The Morgan fingerprint density at radius 2 is 2.19 bits per heavy atom. The fraction of sp³-hybridized carbons (Fsp3) is 0.400. The van der Waals surface area contributed by atoms with Crippen LogP contribution in [0.15, 0.2) is 29.2 Å². The summed E-state index contributed by atoms with van der Waals surface area (Å²) in [5, 5.41) is 0. The van der Waals surface area contributed by atoms with Gasteiger partial charge in [0.2, 0.25) is 5.91 Å². The third kappa shape index (κ3) is 3.26. The average molecular weight is 307 g/mol. The summed E-state index contributed by atoms with van der Waals surface area (Å²) in [6.07, 6.45) is 2.43. The molecule has 1 aliphatic heterocycles. The Morgan fingerprint density at radius 3 is 2.86 bits per heavy atom. The Hall–Kier alpha value is -1.82. The van der Waals surface area contributed by atoms with E-state index in [9.17, 15) is 14.4 Å². The monoisotopic (exact) mass is 307 g/mol. The second kappa shape index (κ2) is 6.76. The highest BCUT2D eigenvalue weighted by Gasteiger charge is 2.41. The van der Waals surface area contributed by atoms with E-state index in [1.807, 2.05) is 12.3 Å². The van der Waals surface area contributed by atoms with Crippen molar-refractivity contribution in [1.29, 1.82) is 0 Å². The van der Waals surface area contributed by atoms with Gasteiger partial charge in [-0.25, -0.2) is 4.79 Å². The number of esters is 1. The largest absolute Gasteiger partial charge is 0.464 e. The number of nitrogens with zero attached hydrogens (tertiary/aromatic N) is 1. The van der Waals surface area contributed by atoms with Gasteiger partial charge in [0, 0.05) is 16.9 Å². The molecule has 1 aliphatic rings. The quantitative estimate of drug-likeness (QED) is 0.484. The van der Waals surface area contributed by atoms with Crippen LogP contribution in [0.5, 0.6) is 0 Å². The van der Waals surface area contributed by atoms with E-state index in [-0.39, 0.29) is 18.9 Å². The highest BCUT2D eigenvalue weighted by atomic mass is 32.2. The topological polar surface area (TPSA) is 63.7 Å². The van der Waals surface area contributed by atoms with Gasteiger partial charge in [-0.05, 0) is 37.8 Å². The van der Waals surface area contributed by atoms with Gasteiger partial charge >= 0.3 is 5.97 Å². The van der Waals surface area contributed by atoms with Crippen LogP contribution in [0.3, 0.4) is 0 Å². The molecule has 2 rings (SSSR count). The van der Waals surface area contributed by atoms with Crippen LogP contribution in [0.25, 0.3) is 0 Å². The van der Waals surface area contributed by atoms with Crippen molar-refractivity contribution in [3.8, 4) is 0 Å². The van der Waals surface area contributed by atoms with E-state index in [0.717, 1.165) is 9.80 Å². The highest BCUT2D eigenvalue weighted by Crippen LogP contribution is 2.24. The van der Waals surface area contributed by atoms with E-state index in [0.29, 0.717) is 12.0 Å². The molecule has 112 valence electrons. The van der Waals surface area contributed by atoms with E-state index >= 15 is 0 Å². The first-order chi connectivity index (χ1) is 10.1. The lowest BCUT2D eigenvalue weighted by Crippen LogP contribution is -2.43. The first-order valence-corrected chi connectivity index (χ1v) is 7.98. The molecule has 1 saturated heterocycles. The summed E-state index contributed by atoms with van der Waals surface area (Å²) in [5.74, 6) is -1.28. The zero-order valence-corrected chi connectivity index (χ0v) is 12.8. The number of likely N-dealkylation sites (tertiary alicyclic amines) is 1. The van der Waals surface area contributed by atoms with Crippen molar-refractivity contribution in [1.82, 2.24) is 4.90 Å². The van der Waals surface area contributed by atoms with Gasteiger partial charge in [-0.2, -0.15) is 0 Å². The van der Waals surface area contributed by atoms with Gasteiger partial charge in [0.15, 0.2) is 0 Å². The molecule has 1 heterocycles. The standard InChI is InChI=1S/C15H17NO4S/c1-3-20-15(19)12-7-8-13(17)16(12)14(18)10-5-4-6-11(9-10)21-2/h4-6,9,12H,3,7-8H2,1-2H3/t12-/m1/s1. The molecule has 1 aromatic carbocycles. The number of thioether (sulfide) groups is 1. The Morgan fingerprint density at radius 1 is 1.43 bits per heavy atom. The maximum atomic E-state index is 12.5. The molecule has 21 heavy (non-hydrogen) atoms. The van der Waals surface area contributed by atoms with E-state index in [4.69, 9.17) is 4.74 Å². The number of carbonyl (C=O) groups is 3. The Bertz CT molecular complexity index is 573. The fourth-order valence-corrected chi connectivity index (χ4v) is 2.75. The molecular weight excluding hydrogens is 290 g/mol. The summed E-state index contributed by atoms with van der Waals surface area (Å²) in [4.78, 5) is 38.3. The van der Waals surface area contributed by atoms with Crippen LogP contribution in [-0.4, -0.2) is 41.6 Å².